The van der Waals surface area contributed by atoms with E-state index in [-0.39, 0.29) is 12.6 Å². The number of hydrogen-bond acceptors (Lipinski definition) is 5. The van der Waals surface area contributed by atoms with E-state index in [2.05, 4.69) is 10.0 Å². The van der Waals surface area contributed by atoms with Gasteiger partial charge in [-0.05, 0) is 6.92 Å². The normalized spacial score (nSPS) is 23.9. The van der Waals surface area contributed by atoms with Gasteiger partial charge in [-0.25, -0.2) is 13.1 Å². The lowest BCUT2D eigenvalue weighted by atomic mass is 10.3. The zero-order chi connectivity index (χ0) is 12.2. The van der Waals surface area contributed by atoms with E-state index in [0.717, 1.165) is 6.92 Å². The van der Waals surface area contributed by atoms with E-state index in [4.69, 9.17) is 9.84 Å². The predicted octanol–water partition coefficient (Wildman–Crippen LogP) is -1.63. The maximum atomic E-state index is 11.5. The molecule has 8 heteroatoms. The van der Waals surface area contributed by atoms with Gasteiger partial charge in [-0.1, -0.05) is 0 Å². The number of rotatable bonds is 5. The lowest BCUT2D eigenvalue weighted by Gasteiger charge is -2.24. The first kappa shape index (κ1) is 13.4. The largest absolute Gasteiger partial charge is 0.480 e. The summed E-state index contributed by atoms with van der Waals surface area (Å²) in [5.41, 5.74) is 0. The maximum absolute atomic E-state index is 11.5. The Labute approximate surface area is 94.2 Å². The van der Waals surface area contributed by atoms with Crippen molar-refractivity contribution in [1.82, 2.24) is 10.0 Å². The Hall–Kier alpha value is -0.700. The fourth-order valence-electron chi connectivity index (χ4n) is 1.23. The molecule has 16 heavy (non-hydrogen) atoms. The second-order valence-electron chi connectivity index (χ2n) is 3.60. The Kier molecular flexibility index (Phi) is 4.66. The van der Waals surface area contributed by atoms with Crippen molar-refractivity contribution in [2.45, 2.75) is 18.2 Å². The molecule has 2 unspecified atom stereocenters. The molecule has 94 valence electrons. The van der Waals surface area contributed by atoms with Crippen LogP contribution < -0.4 is 10.0 Å². The van der Waals surface area contributed by atoms with E-state index in [1.165, 1.54) is 0 Å². The summed E-state index contributed by atoms with van der Waals surface area (Å²) in [7, 11) is -3.80. The van der Waals surface area contributed by atoms with Gasteiger partial charge in [0.05, 0.1) is 13.2 Å². The quantitative estimate of drug-likeness (QED) is 0.542. The molecule has 1 fully saturated rings. The molecule has 0 spiro atoms. The average Bonchev–Trinajstić information content (AvgIpc) is 2.27. The minimum Gasteiger partial charge on any atom is -0.480 e. The third-order valence-corrected chi connectivity index (χ3v) is 4.04. The topological polar surface area (TPSA) is 105 Å². The summed E-state index contributed by atoms with van der Waals surface area (Å²) in [6.07, 6.45) is 0. The van der Waals surface area contributed by atoms with Crippen molar-refractivity contribution in [3.63, 3.8) is 0 Å². The number of hydrogen-bond donors (Lipinski definition) is 3. The number of carboxylic acids is 1. The number of ether oxygens (including phenoxy) is 1. The summed E-state index contributed by atoms with van der Waals surface area (Å²) >= 11 is 0. The Morgan fingerprint density at radius 1 is 1.69 bits per heavy atom. The highest BCUT2D eigenvalue weighted by molar-refractivity contribution is 7.90. The summed E-state index contributed by atoms with van der Waals surface area (Å²) in [6.45, 7) is 2.97. The third-order valence-electron chi connectivity index (χ3n) is 2.34. The van der Waals surface area contributed by atoms with Crippen molar-refractivity contribution in [1.29, 1.82) is 0 Å². The second kappa shape index (κ2) is 5.58. The lowest BCUT2D eigenvalue weighted by Crippen LogP contribution is -2.50. The van der Waals surface area contributed by atoms with E-state index in [0.29, 0.717) is 19.8 Å². The van der Waals surface area contributed by atoms with E-state index in [1.54, 1.807) is 0 Å². The van der Waals surface area contributed by atoms with Gasteiger partial charge in [-0.2, -0.15) is 0 Å². The summed E-state index contributed by atoms with van der Waals surface area (Å²) in [4.78, 5) is 10.5. The van der Waals surface area contributed by atoms with Crippen molar-refractivity contribution in [3.05, 3.63) is 0 Å². The highest BCUT2D eigenvalue weighted by Gasteiger charge is 2.28. The van der Waals surface area contributed by atoms with Gasteiger partial charge in [0.2, 0.25) is 10.0 Å². The molecule has 7 nitrogen and oxygen atoms in total. The minimum atomic E-state index is -3.80. The minimum absolute atomic E-state index is 0.107. The van der Waals surface area contributed by atoms with E-state index >= 15 is 0 Å². The van der Waals surface area contributed by atoms with Crippen molar-refractivity contribution in [3.8, 4) is 0 Å². The molecule has 0 bridgehead atoms. The van der Waals surface area contributed by atoms with Crippen LogP contribution in [0, 0.1) is 0 Å². The summed E-state index contributed by atoms with van der Waals surface area (Å²) in [5.74, 6) is -1.36. The standard InChI is InChI=1S/C8H16N2O5S/c1-6(8(11)12)16(13,14)10-4-7-5-15-3-2-9-7/h6-7,9-10H,2-5H2,1H3,(H,11,12). The molecular weight excluding hydrogens is 236 g/mol. The molecule has 3 N–H and O–H groups in total. The van der Waals surface area contributed by atoms with E-state index < -0.39 is 21.2 Å². The van der Waals surface area contributed by atoms with Gasteiger partial charge < -0.3 is 15.2 Å². The SMILES string of the molecule is CC(C(=O)O)S(=O)(=O)NCC1COCCN1. The van der Waals surface area contributed by atoms with Crippen LogP contribution in [0.1, 0.15) is 6.92 Å². The Morgan fingerprint density at radius 2 is 2.38 bits per heavy atom. The zero-order valence-corrected chi connectivity index (χ0v) is 9.79. The van der Waals surface area contributed by atoms with E-state index in [9.17, 15) is 13.2 Å². The fraction of sp³-hybridized carbons (Fsp3) is 0.875. The molecule has 1 heterocycles. The van der Waals surface area contributed by atoms with Crippen molar-refractivity contribution in [2.24, 2.45) is 0 Å². The van der Waals surface area contributed by atoms with Crippen LogP contribution >= 0.6 is 0 Å². The van der Waals surface area contributed by atoms with E-state index in [1.807, 2.05) is 0 Å². The maximum Gasteiger partial charge on any atom is 0.323 e. The molecule has 0 radical (unpaired) electrons. The number of morpholine rings is 1. The molecule has 1 aliphatic heterocycles. The van der Waals surface area contributed by atoms with Gasteiger partial charge in [0.25, 0.3) is 0 Å². The molecule has 1 aliphatic rings. The predicted molar refractivity (Wildman–Crippen MR) is 56.6 cm³/mol. The molecule has 0 saturated carbocycles. The van der Waals surface area contributed by atoms with Crippen LogP contribution in [0.15, 0.2) is 0 Å². The van der Waals surface area contributed by atoms with Gasteiger partial charge in [-0.15, -0.1) is 0 Å². The number of carbonyl (C=O) groups is 1. The van der Waals surface area contributed by atoms with Crippen LogP contribution in [0.25, 0.3) is 0 Å². The van der Waals surface area contributed by atoms with Crippen molar-refractivity contribution < 1.29 is 23.1 Å². The summed E-state index contributed by atoms with van der Waals surface area (Å²) in [6, 6.07) is -0.107. The number of sulfonamides is 1. The van der Waals surface area contributed by atoms with Crippen molar-refractivity contribution >= 4 is 16.0 Å². The first-order chi connectivity index (χ1) is 7.43. The molecule has 0 aliphatic carbocycles. The molecule has 0 aromatic carbocycles. The van der Waals surface area contributed by atoms with Crippen LogP contribution in [-0.4, -0.2) is 57.1 Å². The van der Waals surface area contributed by atoms with Gasteiger partial charge in [0.15, 0.2) is 5.25 Å². The van der Waals surface area contributed by atoms with Crippen molar-refractivity contribution in [2.75, 3.05) is 26.3 Å². The third kappa shape index (κ3) is 3.71. The number of carboxylic acid groups (broad SMARTS) is 1. The first-order valence-corrected chi connectivity index (χ1v) is 6.50. The fourth-order valence-corrected chi connectivity index (χ4v) is 2.17. The molecule has 0 aromatic heterocycles. The first-order valence-electron chi connectivity index (χ1n) is 4.96. The van der Waals surface area contributed by atoms with Gasteiger partial charge >= 0.3 is 5.97 Å². The molecule has 0 amide bonds. The molecule has 0 aromatic rings. The zero-order valence-electron chi connectivity index (χ0n) is 8.97. The summed E-state index contributed by atoms with van der Waals surface area (Å²) in [5, 5.41) is 10.2. The number of aliphatic carboxylic acids is 1. The summed E-state index contributed by atoms with van der Waals surface area (Å²) < 4.78 is 30.3. The van der Waals surface area contributed by atoms with Crippen LogP contribution in [0.5, 0.6) is 0 Å². The molecule has 2 atom stereocenters. The molecule has 1 saturated heterocycles. The Bertz CT molecular complexity index is 336. The monoisotopic (exact) mass is 252 g/mol. The highest BCUT2D eigenvalue weighted by Crippen LogP contribution is 1.99. The van der Waals surface area contributed by atoms with Gasteiger partial charge in [0, 0.05) is 19.1 Å². The van der Waals surface area contributed by atoms with Crippen LogP contribution in [-0.2, 0) is 19.6 Å². The van der Waals surface area contributed by atoms with Crippen LogP contribution in [0.4, 0.5) is 0 Å². The molecular formula is C8H16N2O5S. The van der Waals surface area contributed by atoms with Gasteiger partial charge in [-0.3, -0.25) is 4.79 Å². The smallest absolute Gasteiger partial charge is 0.323 e. The average molecular weight is 252 g/mol. The Balaban J connectivity index is 2.44. The van der Waals surface area contributed by atoms with Gasteiger partial charge in [0.1, 0.15) is 0 Å². The Morgan fingerprint density at radius 3 is 2.88 bits per heavy atom. The lowest BCUT2D eigenvalue weighted by molar-refractivity contribution is -0.136. The van der Waals surface area contributed by atoms with Crippen LogP contribution in [0.2, 0.25) is 0 Å². The second-order valence-corrected chi connectivity index (χ2v) is 5.69. The molecule has 1 rings (SSSR count). The van der Waals surface area contributed by atoms with Crippen LogP contribution in [0.3, 0.4) is 0 Å². The number of nitrogens with one attached hydrogen (secondary N) is 2. The highest BCUT2D eigenvalue weighted by atomic mass is 32.2.